The van der Waals surface area contributed by atoms with Gasteiger partial charge in [0, 0.05) is 0 Å². The molecule has 0 bridgehead atoms. The summed E-state index contributed by atoms with van der Waals surface area (Å²) in [7, 11) is 0. The predicted octanol–water partition coefficient (Wildman–Crippen LogP) is 1.89. The molecule has 2 aromatic heterocycles. The first kappa shape index (κ1) is 7.49. The van der Waals surface area contributed by atoms with Crippen LogP contribution in [0.2, 0.25) is 0 Å². The molecule has 0 saturated heterocycles. The van der Waals surface area contributed by atoms with E-state index in [2.05, 4.69) is 15.3 Å². The van der Waals surface area contributed by atoms with Crippen LogP contribution in [0.1, 0.15) is 11.3 Å². The Morgan fingerprint density at radius 3 is 2.83 bits per heavy atom. The van der Waals surface area contributed by atoms with E-state index in [1.807, 2.05) is 13.8 Å². The molecule has 62 valence electrons. The second kappa shape index (κ2) is 2.42. The van der Waals surface area contributed by atoms with Crippen molar-refractivity contribution in [1.29, 1.82) is 0 Å². The molecule has 0 aliphatic rings. The monoisotopic (exact) mass is 179 g/mol. The van der Waals surface area contributed by atoms with Crippen LogP contribution < -0.4 is 5.73 Å². The zero-order valence-corrected chi connectivity index (χ0v) is 7.77. The fourth-order valence-corrected chi connectivity index (χ4v) is 2.14. The Labute approximate surface area is 74.3 Å². The molecule has 0 atom stereocenters. The van der Waals surface area contributed by atoms with Gasteiger partial charge in [-0.2, -0.15) is 0 Å². The summed E-state index contributed by atoms with van der Waals surface area (Å²) < 4.78 is 1.14. The molecule has 2 aromatic rings. The van der Waals surface area contributed by atoms with Gasteiger partial charge in [0.2, 0.25) is 5.95 Å². The maximum absolute atomic E-state index is 5.54. The van der Waals surface area contributed by atoms with Gasteiger partial charge in [-0.15, -0.1) is 11.3 Å². The van der Waals surface area contributed by atoms with E-state index in [4.69, 9.17) is 5.73 Å². The molecule has 4 heteroatoms. The molecule has 3 nitrogen and oxygen atoms in total. The Morgan fingerprint density at radius 2 is 2.08 bits per heavy atom. The summed E-state index contributed by atoms with van der Waals surface area (Å²) >= 11 is 1.67. The molecule has 0 amide bonds. The van der Waals surface area contributed by atoms with Crippen LogP contribution in [-0.4, -0.2) is 9.97 Å². The minimum Gasteiger partial charge on any atom is -0.368 e. The van der Waals surface area contributed by atoms with Crippen molar-refractivity contribution < 1.29 is 0 Å². The summed E-state index contributed by atoms with van der Waals surface area (Å²) in [5, 5.41) is 2.08. The molecule has 2 rings (SSSR count). The van der Waals surface area contributed by atoms with Crippen LogP contribution in [0.4, 0.5) is 5.95 Å². The number of thiophene rings is 1. The SMILES string of the molecule is Cc1csc2c(C)nc(N)nc12. The Balaban J connectivity index is 2.92. The summed E-state index contributed by atoms with van der Waals surface area (Å²) in [6.07, 6.45) is 0. The van der Waals surface area contributed by atoms with Crippen molar-refractivity contribution in [2.24, 2.45) is 0 Å². The van der Waals surface area contributed by atoms with Gasteiger partial charge < -0.3 is 5.73 Å². The van der Waals surface area contributed by atoms with Gasteiger partial charge in [-0.1, -0.05) is 0 Å². The topological polar surface area (TPSA) is 51.8 Å². The summed E-state index contributed by atoms with van der Waals surface area (Å²) in [6, 6.07) is 0. The molecule has 0 saturated carbocycles. The van der Waals surface area contributed by atoms with Gasteiger partial charge in [0.25, 0.3) is 0 Å². The largest absolute Gasteiger partial charge is 0.368 e. The van der Waals surface area contributed by atoms with E-state index in [0.29, 0.717) is 5.95 Å². The predicted molar refractivity (Wildman–Crippen MR) is 51.3 cm³/mol. The van der Waals surface area contributed by atoms with Gasteiger partial charge >= 0.3 is 0 Å². The quantitative estimate of drug-likeness (QED) is 0.672. The van der Waals surface area contributed by atoms with E-state index in [9.17, 15) is 0 Å². The van der Waals surface area contributed by atoms with Crippen molar-refractivity contribution in [1.82, 2.24) is 9.97 Å². The highest BCUT2D eigenvalue weighted by atomic mass is 32.1. The van der Waals surface area contributed by atoms with E-state index in [1.165, 1.54) is 5.56 Å². The van der Waals surface area contributed by atoms with Crippen LogP contribution in [-0.2, 0) is 0 Å². The fourth-order valence-electron chi connectivity index (χ4n) is 1.20. The van der Waals surface area contributed by atoms with Gasteiger partial charge in [-0.25, -0.2) is 9.97 Å². The maximum Gasteiger partial charge on any atom is 0.220 e. The van der Waals surface area contributed by atoms with Gasteiger partial charge in [0.05, 0.1) is 15.9 Å². The van der Waals surface area contributed by atoms with Crippen LogP contribution in [0.5, 0.6) is 0 Å². The highest BCUT2D eigenvalue weighted by Gasteiger charge is 2.05. The minimum atomic E-state index is 0.363. The maximum atomic E-state index is 5.54. The number of aryl methyl sites for hydroxylation is 2. The first-order chi connectivity index (χ1) is 5.68. The zero-order chi connectivity index (χ0) is 8.72. The third-order valence-electron chi connectivity index (χ3n) is 1.78. The second-order valence-electron chi connectivity index (χ2n) is 2.76. The van der Waals surface area contributed by atoms with Crippen LogP contribution in [0, 0.1) is 13.8 Å². The normalized spacial score (nSPS) is 10.8. The molecule has 2 N–H and O–H groups in total. The summed E-state index contributed by atoms with van der Waals surface area (Å²) in [5.74, 6) is 0.363. The molecule has 2 heterocycles. The molecule has 0 spiro atoms. The Morgan fingerprint density at radius 1 is 1.33 bits per heavy atom. The van der Waals surface area contributed by atoms with Crippen molar-refractivity contribution in [3.8, 4) is 0 Å². The minimum absolute atomic E-state index is 0.363. The molecule has 12 heavy (non-hydrogen) atoms. The number of rotatable bonds is 0. The average molecular weight is 179 g/mol. The fraction of sp³-hybridized carbons (Fsp3) is 0.250. The van der Waals surface area contributed by atoms with Crippen LogP contribution in [0.25, 0.3) is 10.2 Å². The lowest BCUT2D eigenvalue weighted by atomic mass is 10.3. The average Bonchev–Trinajstić information content (AvgIpc) is 2.33. The highest BCUT2D eigenvalue weighted by Crippen LogP contribution is 2.25. The van der Waals surface area contributed by atoms with Gasteiger partial charge in [-0.05, 0) is 24.8 Å². The van der Waals surface area contributed by atoms with Crippen LogP contribution >= 0.6 is 11.3 Å². The number of anilines is 1. The smallest absolute Gasteiger partial charge is 0.220 e. The van der Waals surface area contributed by atoms with Crippen molar-refractivity contribution in [2.45, 2.75) is 13.8 Å². The van der Waals surface area contributed by atoms with Gasteiger partial charge in [0.1, 0.15) is 0 Å². The molecule has 0 unspecified atom stereocenters. The number of hydrogen-bond donors (Lipinski definition) is 1. The lowest BCUT2D eigenvalue weighted by molar-refractivity contribution is 1.17. The molecule has 0 fully saturated rings. The molecular formula is C8H9N3S. The van der Waals surface area contributed by atoms with Crippen molar-refractivity contribution in [3.63, 3.8) is 0 Å². The van der Waals surface area contributed by atoms with Crippen LogP contribution in [0.3, 0.4) is 0 Å². The number of nitrogens with two attached hydrogens (primary N) is 1. The Bertz CT molecular complexity index is 433. The standard InChI is InChI=1S/C8H9N3S/c1-4-3-12-7-5(2)10-8(9)11-6(4)7/h3H,1-2H3,(H2,9,10,11). The molecule has 0 aliphatic carbocycles. The first-order valence-electron chi connectivity index (χ1n) is 3.66. The first-order valence-corrected chi connectivity index (χ1v) is 4.54. The van der Waals surface area contributed by atoms with Crippen molar-refractivity contribution in [3.05, 3.63) is 16.6 Å². The highest BCUT2D eigenvalue weighted by molar-refractivity contribution is 7.17. The van der Waals surface area contributed by atoms with E-state index in [-0.39, 0.29) is 0 Å². The Kier molecular flexibility index (Phi) is 1.51. The zero-order valence-electron chi connectivity index (χ0n) is 6.96. The third-order valence-corrected chi connectivity index (χ3v) is 2.98. The molecule has 0 aliphatic heterocycles. The number of hydrogen-bond acceptors (Lipinski definition) is 4. The van der Waals surface area contributed by atoms with Crippen molar-refractivity contribution >= 4 is 27.5 Å². The van der Waals surface area contributed by atoms with Crippen molar-refractivity contribution in [2.75, 3.05) is 5.73 Å². The number of nitrogen functional groups attached to an aromatic ring is 1. The van der Waals surface area contributed by atoms with E-state index < -0.39 is 0 Å². The number of aromatic nitrogens is 2. The summed E-state index contributed by atoms with van der Waals surface area (Å²) in [6.45, 7) is 3.99. The number of nitrogens with zero attached hydrogens (tertiary/aromatic N) is 2. The molecule has 0 radical (unpaired) electrons. The second-order valence-corrected chi connectivity index (χ2v) is 3.64. The lowest BCUT2D eigenvalue weighted by Crippen LogP contribution is -1.96. The lowest BCUT2D eigenvalue weighted by Gasteiger charge is -1.96. The number of fused-ring (bicyclic) bond motifs is 1. The van der Waals surface area contributed by atoms with Crippen LogP contribution in [0.15, 0.2) is 5.38 Å². The molecule has 0 aromatic carbocycles. The Hall–Kier alpha value is -1.16. The van der Waals surface area contributed by atoms with E-state index >= 15 is 0 Å². The molecular weight excluding hydrogens is 170 g/mol. The summed E-state index contributed by atoms with van der Waals surface area (Å²) in [4.78, 5) is 8.27. The van der Waals surface area contributed by atoms with E-state index in [1.54, 1.807) is 11.3 Å². The van der Waals surface area contributed by atoms with Gasteiger partial charge in [-0.3, -0.25) is 0 Å². The third kappa shape index (κ3) is 0.956. The summed E-state index contributed by atoms with van der Waals surface area (Å²) in [5.41, 5.74) is 8.67. The van der Waals surface area contributed by atoms with E-state index in [0.717, 1.165) is 15.9 Å². The van der Waals surface area contributed by atoms with Gasteiger partial charge in [0.15, 0.2) is 0 Å².